The van der Waals surface area contributed by atoms with Gasteiger partial charge in [0.2, 0.25) is 5.43 Å². The zero-order valence-electron chi connectivity index (χ0n) is 14.6. The second-order valence-electron chi connectivity index (χ2n) is 6.35. The number of aromatic amines is 1. The van der Waals surface area contributed by atoms with Gasteiger partial charge in [-0.15, -0.1) is 0 Å². The number of carbonyl (C=O) groups is 1. The van der Waals surface area contributed by atoms with E-state index >= 15 is 0 Å². The maximum atomic E-state index is 14.1. The van der Waals surface area contributed by atoms with E-state index in [2.05, 4.69) is 10.3 Å². The number of benzene rings is 2. The van der Waals surface area contributed by atoms with E-state index in [1.165, 1.54) is 12.1 Å². The highest BCUT2D eigenvalue weighted by atomic mass is 35.5. The Bertz CT molecular complexity index is 1180. The van der Waals surface area contributed by atoms with E-state index in [9.17, 15) is 22.8 Å². The molecule has 3 aromatic rings. The molecule has 9 heteroatoms. The number of aromatic nitrogens is 1. The van der Waals surface area contributed by atoms with Gasteiger partial charge in [-0.05, 0) is 24.3 Å². The summed E-state index contributed by atoms with van der Waals surface area (Å²) in [5.41, 5.74) is -1.39. The molecule has 0 amide bonds. The van der Waals surface area contributed by atoms with Gasteiger partial charge < -0.3 is 10.3 Å². The van der Waals surface area contributed by atoms with Crippen LogP contribution in [0.15, 0.2) is 29.1 Å². The van der Waals surface area contributed by atoms with Gasteiger partial charge in [-0.1, -0.05) is 37.0 Å². The van der Waals surface area contributed by atoms with Crippen LogP contribution in [-0.2, 0) is 0 Å². The summed E-state index contributed by atoms with van der Waals surface area (Å²) in [6.45, 7) is 3.15. The molecule has 0 unspecified atom stereocenters. The lowest BCUT2D eigenvalue weighted by Gasteiger charge is -2.16. The number of fused-ring (bicyclic) bond motifs is 1. The molecule has 146 valence electrons. The van der Waals surface area contributed by atoms with Gasteiger partial charge in [0, 0.05) is 5.92 Å². The van der Waals surface area contributed by atoms with E-state index in [0.29, 0.717) is 6.07 Å². The normalized spacial score (nSPS) is 11.3. The van der Waals surface area contributed by atoms with Crippen molar-refractivity contribution in [2.45, 2.75) is 13.8 Å². The molecule has 0 saturated heterocycles. The first-order chi connectivity index (χ1) is 13.1. The predicted octanol–water partition coefficient (Wildman–Crippen LogP) is 5.83. The number of pyridine rings is 1. The number of halogens is 5. The van der Waals surface area contributed by atoms with Crippen LogP contribution in [0.2, 0.25) is 10.0 Å². The summed E-state index contributed by atoms with van der Waals surface area (Å²) in [6.07, 6.45) is 0. The molecule has 0 atom stereocenters. The van der Waals surface area contributed by atoms with Crippen molar-refractivity contribution >= 4 is 51.4 Å². The standard InChI is InChI=1S/C19H13Cl2F3N2O2/c1-7(2)17(27)13-18(28)12-8(20)3-4-9(21)16(12)26-19(13)25-11-6-5-10(22)14(23)15(11)24/h3-7H,1-2H3,(H2,25,26,28). The third kappa shape index (κ3) is 3.36. The lowest BCUT2D eigenvalue weighted by atomic mass is 9.99. The molecule has 0 spiro atoms. The number of anilines is 2. The maximum absolute atomic E-state index is 14.1. The van der Waals surface area contributed by atoms with Gasteiger partial charge >= 0.3 is 0 Å². The van der Waals surface area contributed by atoms with Crippen LogP contribution in [0.4, 0.5) is 24.7 Å². The third-order valence-corrected chi connectivity index (χ3v) is 4.75. The number of H-pyrrole nitrogens is 1. The summed E-state index contributed by atoms with van der Waals surface area (Å²) in [6, 6.07) is 4.51. The lowest BCUT2D eigenvalue weighted by Crippen LogP contribution is -2.23. The Morgan fingerprint density at radius 1 is 1.04 bits per heavy atom. The van der Waals surface area contributed by atoms with Crippen LogP contribution in [-0.4, -0.2) is 10.8 Å². The number of nitrogens with one attached hydrogen (secondary N) is 2. The number of rotatable bonds is 4. The van der Waals surface area contributed by atoms with E-state index in [4.69, 9.17) is 23.2 Å². The smallest absolute Gasteiger partial charge is 0.203 e. The Morgan fingerprint density at radius 2 is 1.68 bits per heavy atom. The number of hydrogen-bond donors (Lipinski definition) is 2. The Morgan fingerprint density at radius 3 is 2.32 bits per heavy atom. The summed E-state index contributed by atoms with van der Waals surface area (Å²) in [4.78, 5) is 28.4. The van der Waals surface area contributed by atoms with Crippen LogP contribution < -0.4 is 10.7 Å². The van der Waals surface area contributed by atoms with E-state index in [1.807, 2.05) is 0 Å². The van der Waals surface area contributed by atoms with E-state index in [0.717, 1.165) is 6.07 Å². The lowest BCUT2D eigenvalue weighted by molar-refractivity contribution is 0.0939. The highest BCUT2D eigenvalue weighted by Crippen LogP contribution is 2.31. The van der Waals surface area contributed by atoms with Crippen LogP contribution in [0.1, 0.15) is 24.2 Å². The number of carbonyl (C=O) groups excluding carboxylic acids is 1. The third-order valence-electron chi connectivity index (χ3n) is 4.12. The van der Waals surface area contributed by atoms with Crippen LogP contribution in [0.5, 0.6) is 0 Å². The summed E-state index contributed by atoms with van der Waals surface area (Å²) in [7, 11) is 0. The monoisotopic (exact) mass is 428 g/mol. The molecule has 2 aromatic carbocycles. The maximum Gasteiger partial charge on any atom is 0.203 e. The number of Topliss-reactive ketones (excluding diaryl/α,β-unsaturated/α-hetero) is 1. The summed E-state index contributed by atoms with van der Waals surface area (Å²) < 4.78 is 40.9. The van der Waals surface area contributed by atoms with Gasteiger partial charge in [-0.2, -0.15) is 0 Å². The molecule has 0 aliphatic heterocycles. The summed E-state index contributed by atoms with van der Waals surface area (Å²) in [5.74, 6) is -5.89. The molecule has 0 aliphatic rings. The molecular formula is C19H13Cl2F3N2O2. The van der Waals surface area contributed by atoms with E-state index < -0.39 is 40.3 Å². The van der Waals surface area contributed by atoms with Gasteiger partial charge in [0.05, 0.1) is 26.6 Å². The topological polar surface area (TPSA) is 62.0 Å². The van der Waals surface area contributed by atoms with Crippen LogP contribution >= 0.6 is 23.2 Å². The fourth-order valence-corrected chi connectivity index (χ4v) is 3.14. The minimum Gasteiger partial charge on any atom is -0.339 e. The molecule has 1 aromatic heterocycles. The molecule has 0 saturated carbocycles. The average molecular weight is 429 g/mol. The predicted molar refractivity (Wildman–Crippen MR) is 103 cm³/mol. The first-order valence-electron chi connectivity index (χ1n) is 8.12. The molecular weight excluding hydrogens is 416 g/mol. The van der Waals surface area contributed by atoms with Gasteiger partial charge in [-0.3, -0.25) is 9.59 Å². The second-order valence-corrected chi connectivity index (χ2v) is 7.16. The summed E-state index contributed by atoms with van der Waals surface area (Å²) in [5, 5.41) is 2.67. The van der Waals surface area contributed by atoms with E-state index in [-0.39, 0.29) is 32.3 Å². The largest absolute Gasteiger partial charge is 0.339 e. The SMILES string of the molecule is CC(C)C(=O)c1c(Nc2ccc(F)c(F)c2F)[nH]c2c(Cl)ccc(Cl)c2c1=O. The minimum absolute atomic E-state index is 0.00512. The Hall–Kier alpha value is -2.51. The summed E-state index contributed by atoms with van der Waals surface area (Å²) >= 11 is 12.2. The van der Waals surface area contributed by atoms with Crippen molar-refractivity contribution in [3.63, 3.8) is 0 Å². The first kappa shape index (κ1) is 20.2. The first-order valence-corrected chi connectivity index (χ1v) is 8.87. The molecule has 0 bridgehead atoms. The molecule has 28 heavy (non-hydrogen) atoms. The van der Waals surface area contributed by atoms with Gasteiger partial charge in [0.1, 0.15) is 11.4 Å². The molecule has 0 fully saturated rings. The van der Waals surface area contributed by atoms with Crippen molar-refractivity contribution < 1.29 is 18.0 Å². The average Bonchev–Trinajstić information content (AvgIpc) is 2.64. The van der Waals surface area contributed by atoms with Gasteiger partial charge in [-0.25, -0.2) is 13.2 Å². The molecule has 3 rings (SSSR count). The number of hydrogen-bond acceptors (Lipinski definition) is 3. The highest BCUT2D eigenvalue weighted by Gasteiger charge is 2.25. The van der Waals surface area contributed by atoms with Crippen molar-refractivity contribution in [2.75, 3.05) is 5.32 Å². The highest BCUT2D eigenvalue weighted by molar-refractivity contribution is 6.40. The molecule has 0 radical (unpaired) electrons. The second kappa shape index (κ2) is 7.48. The Balaban J connectivity index is 2.33. The van der Waals surface area contributed by atoms with Crippen molar-refractivity contribution in [1.29, 1.82) is 0 Å². The van der Waals surface area contributed by atoms with Gasteiger partial charge in [0.15, 0.2) is 23.2 Å². The van der Waals surface area contributed by atoms with Crippen molar-refractivity contribution in [1.82, 2.24) is 4.98 Å². The fourth-order valence-electron chi connectivity index (χ4n) is 2.70. The van der Waals surface area contributed by atoms with Crippen molar-refractivity contribution in [3.8, 4) is 0 Å². The zero-order chi connectivity index (χ0) is 20.7. The molecule has 4 nitrogen and oxygen atoms in total. The molecule has 0 aliphatic carbocycles. The van der Waals surface area contributed by atoms with Crippen molar-refractivity contribution in [3.05, 3.63) is 67.5 Å². The Kier molecular flexibility index (Phi) is 5.41. The van der Waals surface area contributed by atoms with Crippen LogP contribution in [0, 0.1) is 23.4 Å². The van der Waals surface area contributed by atoms with E-state index in [1.54, 1.807) is 13.8 Å². The molecule has 2 N–H and O–H groups in total. The zero-order valence-corrected chi connectivity index (χ0v) is 16.1. The van der Waals surface area contributed by atoms with Gasteiger partial charge in [0.25, 0.3) is 0 Å². The Labute approximate surface area is 167 Å². The minimum atomic E-state index is -1.69. The quantitative estimate of drug-likeness (QED) is 0.405. The fraction of sp³-hybridized carbons (Fsp3) is 0.158. The number of ketones is 1. The molecule has 1 heterocycles. The van der Waals surface area contributed by atoms with Crippen molar-refractivity contribution in [2.24, 2.45) is 5.92 Å². The van der Waals surface area contributed by atoms with Crippen LogP contribution in [0.3, 0.4) is 0 Å². The van der Waals surface area contributed by atoms with Crippen LogP contribution in [0.25, 0.3) is 10.9 Å².